The van der Waals surface area contributed by atoms with E-state index in [1.165, 1.54) is 24.6 Å². The van der Waals surface area contributed by atoms with E-state index in [0.717, 1.165) is 53.7 Å². The average Bonchev–Trinajstić information content (AvgIpc) is 3.45. The largest absolute Gasteiger partial charge is 0.598 e. The Morgan fingerprint density at radius 2 is 1.94 bits per heavy atom. The molecule has 8 nitrogen and oxygen atoms in total. The predicted molar refractivity (Wildman–Crippen MR) is 143 cm³/mol. The fourth-order valence-corrected chi connectivity index (χ4v) is 7.32. The van der Waals surface area contributed by atoms with E-state index in [1.54, 1.807) is 12.4 Å². The highest BCUT2D eigenvalue weighted by atomic mass is 35.5. The Labute approximate surface area is 218 Å². The molecule has 35 heavy (non-hydrogen) atoms. The molecule has 1 saturated heterocycles. The van der Waals surface area contributed by atoms with Crippen LogP contribution in [0, 0.1) is 5.41 Å². The number of hydrogen-bond acceptors (Lipinski definition) is 8. The van der Waals surface area contributed by atoms with Gasteiger partial charge in [-0.15, -0.1) is 4.72 Å². The second-order valence-corrected chi connectivity index (χ2v) is 13.9. The standard InChI is InChI=1S/C24H32ClN7OS2/c1-23(2,3)35(33)30-18-5-4-7-24(18)8-12-31(13-9-24)22-29-15-17(21-28-11-14-32(21)22)34-16-6-10-27-20(26)19(16)25/h6,10-11,14-15,18,30H,4-5,7-9,12-13H2,1-3H3,(H2,26,27)/t18-,35?/m1/s1. The van der Waals surface area contributed by atoms with Gasteiger partial charge >= 0.3 is 0 Å². The van der Waals surface area contributed by atoms with Gasteiger partial charge in [-0.3, -0.25) is 4.40 Å². The molecule has 1 spiro atoms. The molecule has 1 aliphatic carbocycles. The zero-order valence-corrected chi connectivity index (χ0v) is 22.7. The van der Waals surface area contributed by atoms with Crippen LogP contribution in [0.15, 0.2) is 40.6 Å². The van der Waals surface area contributed by atoms with Gasteiger partial charge in [-0.2, -0.15) is 0 Å². The summed E-state index contributed by atoms with van der Waals surface area (Å²) in [7, 11) is 0. The van der Waals surface area contributed by atoms with E-state index < -0.39 is 11.4 Å². The Morgan fingerprint density at radius 1 is 1.17 bits per heavy atom. The van der Waals surface area contributed by atoms with Crippen molar-refractivity contribution in [3.05, 3.63) is 35.9 Å². The summed E-state index contributed by atoms with van der Waals surface area (Å²) < 4.78 is 18.1. The number of nitrogen functional groups attached to an aromatic ring is 1. The molecule has 188 valence electrons. The number of piperidine rings is 1. The third-order valence-corrected chi connectivity index (χ3v) is 10.4. The van der Waals surface area contributed by atoms with Crippen molar-refractivity contribution in [3.8, 4) is 0 Å². The van der Waals surface area contributed by atoms with E-state index in [-0.39, 0.29) is 10.2 Å². The minimum Gasteiger partial charge on any atom is -0.598 e. The van der Waals surface area contributed by atoms with Crippen LogP contribution in [0.1, 0.15) is 52.9 Å². The molecule has 0 radical (unpaired) electrons. The molecule has 2 fully saturated rings. The molecule has 2 aliphatic rings. The van der Waals surface area contributed by atoms with Crippen molar-refractivity contribution in [3.63, 3.8) is 0 Å². The number of nitrogens with one attached hydrogen (secondary N) is 1. The van der Waals surface area contributed by atoms with Crippen molar-refractivity contribution in [2.24, 2.45) is 5.41 Å². The van der Waals surface area contributed by atoms with Crippen LogP contribution in [-0.2, 0) is 11.4 Å². The predicted octanol–water partition coefficient (Wildman–Crippen LogP) is 4.70. The van der Waals surface area contributed by atoms with Crippen molar-refractivity contribution < 1.29 is 4.55 Å². The lowest BCUT2D eigenvalue weighted by Crippen LogP contribution is -2.53. The molecule has 3 N–H and O–H groups in total. The first-order valence-corrected chi connectivity index (χ1v) is 14.4. The second-order valence-electron chi connectivity index (χ2n) is 10.4. The van der Waals surface area contributed by atoms with Crippen LogP contribution in [0.25, 0.3) is 5.65 Å². The molecule has 11 heteroatoms. The highest BCUT2D eigenvalue weighted by Gasteiger charge is 2.48. The van der Waals surface area contributed by atoms with Gasteiger partial charge in [0.15, 0.2) is 5.65 Å². The van der Waals surface area contributed by atoms with Gasteiger partial charge in [0, 0.05) is 54.1 Å². The number of hydrogen-bond donors (Lipinski definition) is 2. The number of pyridine rings is 1. The second kappa shape index (κ2) is 9.63. The minimum absolute atomic E-state index is 0.208. The van der Waals surface area contributed by atoms with Crippen LogP contribution in [0.3, 0.4) is 0 Å². The molecular weight excluding hydrogens is 502 g/mol. The smallest absolute Gasteiger partial charge is 0.211 e. The molecule has 3 aromatic heterocycles. The Kier molecular flexibility index (Phi) is 6.86. The number of nitrogens with zero attached hydrogens (tertiary/aromatic N) is 5. The number of nitrogens with two attached hydrogens (primary N) is 1. The van der Waals surface area contributed by atoms with E-state index in [4.69, 9.17) is 22.3 Å². The molecule has 1 aliphatic heterocycles. The summed E-state index contributed by atoms with van der Waals surface area (Å²) in [5.41, 5.74) is 6.92. The third-order valence-electron chi connectivity index (χ3n) is 7.23. The lowest BCUT2D eigenvalue weighted by Gasteiger charge is -2.44. The third kappa shape index (κ3) is 4.83. The molecule has 1 unspecified atom stereocenters. The van der Waals surface area contributed by atoms with Gasteiger partial charge in [0.25, 0.3) is 0 Å². The van der Waals surface area contributed by atoms with Crippen molar-refractivity contribution >= 4 is 52.1 Å². The average molecular weight is 534 g/mol. The maximum absolute atomic E-state index is 12.8. The molecule has 1 saturated carbocycles. The number of rotatable bonds is 5. The molecule has 0 amide bonds. The van der Waals surface area contributed by atoms with Gasteiger partial charge < -0.3 is 15.2 Å². The van der Waals surface area contributed by atoms with Gasteiger partial charge in [-0.25, -0.2) is 15.0 Å². The molecule has 3 aromatic rings. The van der Waals surface area contributed by atoms with Crippen LogP contribution in [0.4, 0.5) is 11.8 Å². The summed E-state index contributed by atoms with van der Waals surface area (Å²) in [5, 5.41) is 0.444. The fourth-order valence-electron chi connectivity index (χ4n) is 5.21. The molecule has 0 aromatic carbocycles. The summed E-state index contributed by atoms with van der Waals surface area (Å²) in [4.78, 5) is 17.6. The van der Waals surface area contributed by atoms with E-state index in [1.807, 2.05) is 39.2 Å². The molecular formula is C24H32ClN7OS2. The van der Waals surface area contributed by atoms with E-state index in [0.29, 0.717) is 16.9 Å². The summed E-state index contributed by atoms with van der Waals surface area (Å²) >= 11 is 6.80. The Bertz CT molecular complexity index is 1210. The van der Waals surface area contributed by atoms with Crippen molar-refractivity contribution in [1.29, 1.82) is 0 Å². The van der Waals surface area contributed by atoms with Gasteiger partial charge in [0.05, 0.1) is 16.0 Å². The monoisotopic (exact) mass is 533 g/mol. The Balaban J connectivity index is 1.33. The number of fused-ring (bicyclic) bond motifs is 1. The number of halogens is 1. The lowest BCUT2D eigenvalue weighted by atomic mass is 9.74. The number of imidazole rings is 1. The van der Waals surface area contributed by atoms with Gasteiger partial charge in [0.1, 0.15) is 10.6 Å². The SMILES string of the molecule is CC(C)(C)[S+]([O-])N[C@@H]1CCCC12CCN(c1ncc(Sc3ccnc(N)c3Cl)c3nccn13)CC2. The Hall–Kier alpha value is -1.72. The molecule has 4 heterocycles. The first kappa shape index (κ1) is 25.0. The van der Waals surface area contributed by atoms with E-state index >= 15 is 0 Å². The zero-order chi connectivity index (χ0) is 24.8. The maximum Gasteiger partial charge on any atom is 0.211 e. The lowest BCUT2D eigenvalue weighted by molar-refractivity contribution is 0.186. The highest BCUT2D eigenvalue weighted by molar-refractivity contribution is 7.99. The van der Waals surface area contributed by atoms with Crippen LogP contribution < -0.4 is 15.4 Å². The van der Waals surface area contributed by atoms with Crippen molar-refractivity contribution in [2.75, 3.05) is 23.7 Å². The first-order valence-electron chi connectivity index (χ1n) is 12.0. The van der Waals surface area contributed by atoms with Crippen LogP contribution >= 0.6 is 23.4 Å². The van der Waals surface area contributed by atoms with Gasteiger partial charge in [0.2, 0.25) is 5.95 Å². The van der Waals surface area contributed by atoms with E-state index in [9.17, 15) is 4.55 Å². The summed E-state index contributed by atoms with van der Waals surface area (Å²) in [5.74, 6) is 1.21. The number of anilines is 2. The Morgan fingerprint density at radius 3 is 2.69 bits per heavy atom. The highest BCUT2D eigenvalue weighted by Crippen LogP contribution is 2.47. The fraction of sp³-hybridized carbons (Fsp3) is 0.542. The summed E-state index contributed by atoms with van der Waals surface area (Å²) in [6.45, 7) is 7.92. The molecule has 5 rings (SSSR count). The van der Waals surface area contributed by atoms with Crippen LogP contribution in [0.2, 0.25) is 5.02 Å². The topological polar surface area (TPSA) is 107 Å². The molecule has 0 bridgehead atoms. The normalized spacial score (nSPS) is 21.2. The minimum atomic E-state index is -1.05. The van der Waals surface area contributed by atoms with E-state index in [2.05, 4.69) is 24.0 Å². The number of aromatic nitrogens is 4. The maximum atomic E-state index is 12.8. The first-order chi connectivity index (χ1) is 16.7. The summed E-state index contributed by atoms with van der Waals surface area (Å²) in [6.07, 6.45) is 12.9. The van der Waals surface area contributed by atoms with Gasteiger partial charge in [-0.05, 0) is 57.9 Å². The quantitative estimate of drug-likeness (QED) is 0.454. The van der Waals surface area contributed by atoms with Crippen molar-refractivity contribution in [1.82, 2.24) is 24.1 Å². The van der Waals surface area contributed by atoms with Crippen LogP contribution in [-0.4, -0.2) is 47.8 Å². The van der Waals surface area contributed by atoms with Crippen LogP contribution in [0.5, 0.6) is 0 Å². The molecule has 2 atom stereocenters. The van der Waals surface area contributed by atoms with Crippen molar-refractivity contribution in [2.45, 2.75) is 73.5 Å². The zero-order valence-electron chi connectivity index (χ0n) is 20.3. The summed E-state index contributed by atoms with van der Waals surface area (Å²) in [6, 6.07) is 2.15. The van der Waals surface area contributed by atoms with Gasteiger partial charge in [-0.1, -0.05) is 29.8 Å².